The molecule has 2 rings (SSSR count). The fourth-order valence-electron chi connectivity index (χ4n) is 3.15. The lowest BCUT2D eigenvalue weighted by atomic mass is 9.64. The first-order valence-electron chi connectivity index (χ1n) is 7.30. The summed E-state index contributed by atoms with van der Waals surface area (Å²) in [7, 11) is 0. The second kappa shape index (κ2) is 5.65. The molecule has 1 aromatic carbocycles. The van der Waals surface area contributed by atoms with Crippen LogP contribution in [-0.4, -0.2) is 27.0 Å². The van der Waals surface area contributed by atoms with Crippen molar-refractivity contribution in [1.29, 1.82) is 0 Å². The van der Waals surface area contributed by atoms with Gasteiger partial charge in [-0.05, 0) is 25.0 Å². The van der Waals surface area contributed by atoms with Crippen LogP contribution in [0.25, 0.3) is 6.08 Å². The van der Waals surface area contributed by atoms with Gasteiger partial charge in [0.25, 0.3) is 0 Å². The minimum absolute atomic E-state index is 0.0501. The average molecular weight is 303 g/mol. The van der Waals surface area contributed by atoms with Crippen LogP contribution in [0.15, 0.2) is 35.9 Å². The van der Waals surface area contributed by atoms with E-state index in [-0.39, 0.29) is 23.5 Å². The SMILES string of the molecule is CC(=O)C1CC(C)([N+](=O)[O-])C/C(=C\c2ccccc2)C1(C)O. The Morgan fingerprint density at radius 3 is 2.45 bits per heavy atom. The van der Waals surface area contributed by atoms with Crippen LogP contribution in [0, 0.1) is 16.0 Å². The molecule has 0 aromatic heterocycles. The zero-order valence-corrected chi connectivity index (χ0v) is 13.1. The lowest BCUT2D eigenvalue weighted by Gasteiger charge is -2.42. The van der Waals surface area contributed by atoms with E-state index in [1.807, 2.05) is 30.3 Å². The number of hydrogen-bond donors (Lipinski definition) is 1. The van der Waals surface area contributed by atoms with Crippen molar-refractivity contribution in [2.45, 2.75) is 44.8 Å². The van der Waals surface area contributed by atoms with Crippen LogP contribution < -0.4 is 0 Å². The third kappa shape index (κ3) is 2.95. The molecule has 1 aromatic rings. The molecule has 1 saturated carbocycles. The van der Waals surface area contributed by atoms with Crippen molar-refractivity contribution in [3.63, 3.8) is 0 Å². The molecule has 0 spiro atoms. The molecule has 0 heterocycles. The van der Waals surface area contributed by atoms with E-state index >= 15 is 0 Å². The molecular formula is C17H21NO4. The Balaban J connectivity index is 2.51. The summed E-state index contributed by atoms with van der Waals surface area (Å²) >= 11 is 0. The molecular weight excluding hydrogens is 282 g/mol. The summed E-state index contributed by atoms with van der Waals surface area (Å²) in [5.41, 5.74) is -1.21. The fourth-order valence-corrected chi connectivity index (χ4v) is 3.15. The maximum Gasteiger partial charge on any atom is 0.224 e. The number of hydrogen-bond acceptors (Lipinski definition) is 4. The lowest BCUT2D eigenvalue weighted by molar-refractivity contribution is -0.570. The van der Waals surface area contributed by atoms with E-state index in [1.54, 1.807) is 13.0 Å². The van der Waals surface area contributed by atoms with Gasteiger partial charge < -0.3 is 5.11 Å². The van der Waals surface area contributed by atoms with Crippen LogP contribution in [0.4, 0.5) is 0 Å². The van der Waals surface area contributed by atoms with Crippen LogP contribution in [0.3, 0.4) is 0 Å². The molecule has 0 saturated heterocycles. The number of nitro groups is 1. The molecule has 0 aliphatic heterocycles. The number of nitrogens with zero attached hydrogens (tertiary/aromatic N) is 1. The number of carbonyl (C=O) groups excluding carboxylic acids is 1. The summed E-state index contributed by atoms with van der Waals surface area (Å²) in [4.78, 5) is 23.0. The molecule has 3 atom stereocenters. The van der Waals surface area contributed by atoms with Crippen molar-refractivity contribution in [2.24, 2.45) is 5.92 Å². The van der Waals surface area contributed by atoms with Crippen molar-refractivity contribution < 1.29 is 14.8 Å². The number of ketones is 1. The summed E-state index contributed by atoms with van der Waals surface area (Å²) < 4.78 is 0. The van der Waals surface area contributed by atoms with Crippen LogP contribution in [0.5, 0.6) is 0 Å². The minimum Gasteiger partial charge on any atom is -0.385 e. The zero-order valence-electron chi connectivity index (χ0n) is 13.1. The smallest absolute Gasteiger partial charge is 0.224 e. The molecule has 1 aliphatic carbocycles. The Kier molecular flexibility index (Phi) is 4.20. The lowest BCUT2D eigenvalue weighted by Crippen LogP contribution is -2.53. The van der Waals surface area contributed by atoms with Gasteiger partial charge in [-0.3, -0.25) is 14.9 Å². The van der Waals surface area contributed by atoms with E-state index in [0.717, 1.165) is 5.56 Å². The molecule has 0 bridgehead atoms. The zero-order chi connectivity index (χ0) is 16.5. The van der Waals surface area contributed by atoms with Gasteiger partial charge in [-0.25, -0.2) is 0 Å². The highest BCUT2D eigenvalue weighted by Gasteiger charge is 2.54. The van der Waals surface area contributed by atoms with Gasteiger partial charge in [-0.15, -0.1) is 0 Å². The first-order chi connectivity index (χ1) is 10.2. The molecule has 1 N–H and O–H groups in total. The molecule has 5 nitrogen and oxygen atoms in total. The number of Topliss-reactive ketones (excluding diaryl/α,β-unsaturated/α-hetero) is 1. The number of benzene rings is 1. The molecule has 1 aliphatic rings. The summed E-state index contributed by atoms with van der Waals surface area (Å²) in [5.74, 6) is -0.997. The van der Waals surface area contributed by atoms with Crippen molar-refractivity contribution in [2.75, 3.05) is 0 Å². The Hall–Kier alpha value is -2.01. The van der Waals surface area contributed by atoms with E-state index in [1.165, 1.54) is 13.8 Å². The van der Waals surface area contributed by atoms with Crippen LogP contribution in [-0.2, 0) is 4.79 Å². The van der Waals surface area contributed by atoms with Crippen molar-refractivity contribution in [1.82, 2.24) is 0 Å². The van der Waals surface area contributed by atoms with E-state index in [0.29, 0.717) is 5.57 Å². The Morgan fingerprint density at radius 2 is 1.95 bits per heavy atom. The predicted octanol–water partition coefficient (Wildman–Crippen LogP) is 2.86. The molecule has 1 fully saturated rings. The van der Waals surface area contributed by atoms with Crippen molar-refractivity contribution in [3.05, 3.63) is 51.6 Å². The van der Waals surface area contributed by atoms with Gasteiger partial charge in [0.2, 0.25) is 5.54 Å². The maximum atomic E-state index is 11.9. The normalized spacial score (nSPS) is 33.6. The highest BCUT2D eigenvalue weighted by molar-refractivity contribution is 5.81. The molecule has 0 radical (unpaired) electrons. The van der Waals surface area contributed by atoms with Crippen molar-refractivity contribution >= 4 is 11.9 Å². The summed E-state index contributed by atoms with van der Waals surface area (Å²) in [6, 6.07) is 9.33. The molecule has 3 unspecified atom stereocenters. The minimum atomic E-state index is -1.36. The van der Waals surface area contributed by atoms with Crippen LogP contribution in [0.1, 0.15) is 39.2 Å². The van der Waals surface area contributed by atoms with Crippen LogP contribution in [0.2, 0.25) is 0 Å². The van der Waals surface area contributed by atoms with E-state index < -0.39 is 17.1 Å². The highest BCUT2D eigenvalue weighted by Crippen LogP contribution is 2.45. The third-order valence-corrected chi connectivity index (χ3v) is 4.62. The predicted molar refractivity (Wildman–Crippen MR) is 83.8 cm³/mol. The number of aliphatic hydroxyl groups is 1. The number of carbonyl (C=O) groups is 1. The second-order valence-corrected chi connectivity index (χ2v) is 6.53. The van der Waals surface area contributed by atoms with E-state index in [9.17, 15) is 20.0 Å². The summed E-state index contributed by atoms with van der Waals surface area (Å²) in [6.07, 6.45) is 1.94. The van der Waals surface area contributed by atoms with E-state index in [2.05, 4.69) is 0 Å². The Labute approximate surface area is 129 Å². The van der Waals surface area contributed by atoms with Crippen molar-refractivity contribution in [3.8, 4) is 0 Å². The maximum absolute atomic E-state index is 11.9. The average Bonchev–Trinajstić information content (AvgIpc) is 2.43. The summed E-state index contributed by atoms with van der Waals surface area (Å²) in [5, 5.41) is 22.3. The monoisotopic (exact) mass is 303 g/mol. The molecule has 5 heteroatoms. The molecule has 118 valence electrons. The third-order valence-electron chi connectivity index (χ3n) is 4.62. The summed E-state index contributed by atoms with van der Waals surface area (Å²) in [6.45, 7) is 4.50. The topological polar surface area (TPSA) is 80.4 Å². The standard InChI is InChI=1S/C17H21NO4/c1-12(19)15-11-16(2,18(21)22)10-14(17(15,3)20)9-13-7-5-4-6-8-13/h4-9,15,20H,10-11H2,1-3H3/b14-9+. The quantitative estimate of drug-likeness (QED) is 0.687. The van der Waals surface area contributed by atoms with Gasteiger partial charge in [0.15, 0.2) is 0 Å². The largest absolute Gasteiger partial charge is 0.385 e. The van der Waals surface area contributed by atoms with Gasteiger partial charge in [-0.1, -0.05) is 36.4 Å². The van der Waals surface area contributed by atoms with E-state index in [4.69, 9.17) is 0 Å². The van der Waals surface area contributed by atoms with Crippen LogP contribution >= 0.6 is 0 Å². The Bertz CT molecular complexity index is 621. The first-order valence-corrected chi connectivity index (χ1v) is 7.30. The first kappa shape index (κ1) is 16.4. The second-order valence-electron chi connectivity index (χ2n) is 6.53. The van der Waals surface area contributed by atoms with Gasteiger partial charge in [0, 0.05) is 24.7 Å². The van der Waals surface area contributed by atoms with Gasteiger partial charge >= 0.3 is 0 Å². The van der Waals surface area contributed by atoms with Gasteiger partial charge in [0.1, 0.15) is 5.78 Å². The van der Waals surface area contributed by atoms with Gasteiger partial charge in [0.05, 0.1) is 11.5 Å². The Morgan fingerprint density at radius 1 is 1.36 bits per heavy atom. The number of rotatable bonds is 3. The highest BCUT2D eigenvalue weighted by atomic mass is 16.6. The molecule has 0 amide bonds. The molecule has 22 heavy (non-hydrogen) atoms. The van der Waals surface area contributed by atoms with Gasteiger partial charge in [-0.2, -0.15) is 0 Å². The fraction of sp³-hybridized carbons (Fsp3) is 0.471.